The highest BCUT2D eigenvalue weighted by Gasteiger charge is 2.06. The topological polar surface area (TPSA) is 94.2 Å². The number of carbonyl (C=O) groups excluding carboxylic acids is 1. The zero-order valence-corrected chi connectivity index (χ0v) is 10.2. The van der Waals surface area contributed by atoms with E-state index in [1.165, 1.54) is 24.3 Å². The summed E-state index contributed by atoms with van der Waals surface area (Å²) in [5.41, 5.74) is 0.650. The maximum atomic E-state index is 11.5. The van der Waals surface area contributed by atoms with Gasteiger partial charge in [0.15, 0.2) is 0 Å². The Kier molecular flexibility index (Phi) is 4.13. The normalized spacial score (nSPS) is 10.4. The van der Waals surface area contributed by atoms with Gasteiger partial charge in [0, 0.05) is 17.4 Å². The highest BCUT2D eigenvalue weighted by Crippen LogP contribution is 2.18. The predicted octanol–water partition coefficient (Wildman–Crippen LogP) is 3.45. The van der Waals surface area contributed by atoms with Crippen molar-refractivity contribution in [2.45, 2.75) is 0 Å². The van der Waals surface area contributed by atoms with Gasteiger partial charge in [-0.05, 0) is 24.3 Å². The summed E-state index contributed by atoms with van der Waals surface area (Å²) < 4.78 is 0. The van der Waals surface area contributed by atoms with Crippen LogP contribution in [0.2, 0.25) is 0 Å². The second kappa shape index (κ2) is 6.19. The van der Waals surface area contributed by atoms with E-state index in [4.69, 9.17) is 0 Å². The van der Waals surface area contributed by atoms with Crippen LogP contribution in [0, 0.1) is 10.1 Å². The summed E-state index contributed by atoms with van der Waals surface area (Å²) in [4.78, 5) is 26.0. The molecule has 0 saturated heterocycles. The van der Waals surface area contributed by atoms with Crippen molar-refractivity contribution in [1.29, 1.82) is 0 Å². The molecule has 0 aliphatic rings. The molecule has 0 bridgehead atoms. The maximum absolute atomic E-state index is 11.5. The molecule has 0 heterocycles. The van der Waals surface area contributed by atoms with Gasteiger partial charge in [-0.2, -0.15) is 0 Å². The van der Waals surface area contributed by atoms with Gasteiger partial charge in [-0.3, -0.25) is 15.0 Å². The highest BCUT2D eigenvalue weighted by atomic mass is 16.7. The van der Waals surface area contributed by atoms with Gasteiger partial charge >= 0.3 is 5.97 Å². The maximum Gasteiger partial charge on any atom is 0.367 e. The molecule has 0 aromatic heterocycles. The van der Waals surface area contributed by atoms with Gasteiger partial charge in [0.05, 0.1) is 16.2 Å². The molecule has 7 nitrogen and oxygen atoms in total. The average Bonchev–Trinajstić information content (AvgIpc) is 2.48. The Labute approximate surface area is 113 Å². The molecule has 0 aliphatic heterocycles. The number of nitro groups is 1. The lowest BCUT2D eigenvalue weighted by Gasteiger charge is -1.96. The van der Waals surface area contributed by atoms with Crippen LogP contribution in [-0.4, -0.2) is 10.9 Å². The van der Waals surface area contributed by atoms with Crippen LogP contribution in [0.1, 0.15) is 10.4 Å². The predicted molar refractivity (Wildman–Crippen MR) is 69.5 cm³/mol. The van der Waals surface area contributed by atoms with Crippen LogP contribution in [0.4, 0.5) is 11.4 Å². The minimum atomic E-state index is -0.628. The van der Waals surface area contributed by atoms with Crippen LogP contribution in [-0.2, 0) is 4.84 Å². The van der Waals surface area contributed by atoms with Gasteiger partial charge in [0.1, 0.15) is 0 Å². The third-order valence-corrected chi connectivity index (χ3v) is 2.35. The zero-order chi connectivity index (χ0) is 14.4. The molecule has 0 atom stereocenters. The van der Waals surface area contributed by atoms with Gasteiger partial charge in [-0.15, -0.1) is 5.11 Å². The first-order valence-electron chi connectivity index (χ1n) is 5.59. The fourth-order valence-corrected chi connectivity index (χ4v) is 1.37. The lowest BCUT2D eigenvalue weighted by molar-refractivity contribution is -0.384. The Balaban J connectivity index is 1.96. The van der Waals surface area contributed by atoms with Crippen LogP contribution < -0.4 is 0 Å². The number of rotatable bonds is 4. The molecule has 2 aromatic carbocycles. The average molecular weight is 271 g/mol. The van der Waals surface area contributed by atoms with E-state index in [1.807, 2.05) is 0 Å². The Morgan fingerprint density at radius 2 is 1.70 bits per heavy atom. The summed E-state index contributed by atoms with van der Waals surface area (Å²) in [7, 11) is 0. The summed E-state index contributed by atoms with van der Waals surface area (Å²) in [5.74, 6) is -0.628. The van der Waals surface area contributed by atoms with E-state index in [-0.39, 0.29) is 5.69 Å². The molecular formula is C13H9N3O4. The molecule has 0 unspecified atom stereocenters. The summed E-state index contributed by atoms with van der Waals surface area (Å²) in [5, 5.41) is 17.4. The monoisotopic (exact) mass is 271 g/mol. The third kappa shape index (κ3) is 3.45. The van der Waals surface area contributed by atoms with Crippen LogP contribution >= 0.6 is 0 Å². The van der Waals surface area contributed by atoms with E-state index in [1.54, 1.807) is 30.3 Å². The van der Waals surface area contributed by atoms with E-state index in [9.17, 15) is 14.9 Å². The van der Waals surface area contributed by atoms with Crippen molar-refractivity contribution in [3.63, 3.8) is 0 Å². The summed E-state index contributed by atoms with van der Waals surface area (Å²) >= 11 is 0. The first-order valence-corrected chi connectivity index (χ1v) is 5.59. The molecule has 0 amide bonds. The summed E-state index contributed by atoms with van der Waals surface area (Å²) in [6, 6.07) is 13.7. The Morgan fingerprint density at radius 3 is 2.30 bits per heavy atom. The number of benzene rings is 2. The fraction of sp³-hybridized carbons (Fsp3) is 0. The van der Waals surface area contributed by atoms with Gasteiger partial charge in [-0.1, -0.05) is 18.2 Å². The minimum Gasteiger partial charge on any atom is -0.294 e. The first-order chi connectivity index (χ1) is 9.66. The fourth-order valence-electron chi connectivity index (χ4n) is 1.37. The van der Waals surface area contributed by atoms with Crippen molar-refractivity contribution in [3.05, 3.63) is 70.3 Å². The molecule has 0 N–H and O–H groups in total. The van der Waals surface area contributed by atoms with Crippen LogP contribution in [0.5, 0.6) is 0 Å². The summed E-state index contributed by atoms with van der Waals surface area (Å²) in [6.45, 7) is 0. The van der Waals surface area contributed by atoms with E-state index in [2.05, 4.69) is 15.2 Å². The van der Waals surface area contributed by atoms with E-state index in [0.29, 0.717) is 11.3 Å². The number of carbonyl (C=O) groups is 1. The van der Waals surface area contributed by atoms with Crippen molar-refractivity contribution in [2.75, 3.05) is 0 Å². The summed E-state index contributed by atoms with van der Waals surface area (Å²) in [6.07, 6.45) is 0. The van der Waals surface area contributed by atoms with Crippen LogP contribution in [0.25, 0.3) is 0 Å². The number of hydrogen-bond acceptors (Lipinski definition) is 6. The second-order valence-corrected chi connectivity index (χ2v) is 3.70. The molecule has 2 aromatic rings. The molecule has 20 heavy (non-hydrogen) atoms. The Hall–Kier alpha value is -3.09. The second-order valence-electron chi connectivity index (χ2n) is 3.70. The smallest absolute Gasteiger partial charge is 0.294 e. The number of nitro benzene ring substituents is 1. The molecule has 100 valence electrons. The Morgan fingerprint density at radius 1 is 1.05 bits per heavy atom. The quantitative estimate of drug-likeness (QED) is 0.483. The molecule has 0 fully saturated rings. The van der Waals surface area contributed by atoms with E-state index >= 15 is 0 Å². The molecular weight excluding hydrogens is 262 g/mol. The Bertz CT molecular complexity index is 638. The van der Waals surface area contributed by atoms with Gasteiger partial charge in [0.2, 0.25) is 0 Å². The molecule has 7 heteroatoms. The minimum absolute atomic E-state index is 0.0507. The highest BCUT2D eigenvalue weighted by molar-refractivity contribution is 5.89. The van der Waals surface area contributed by atoms with Gasteiger partial charge in [0.25, 0.3) is 5.69 Å². The van der Waals surface area contributed by atoms with Crippen molar-refractivity contribution in [3.8, 4) is 0 Å². The molecule has 0 spiro atoms. The number of nitrogens with zero attached hydrogens (tertiary/aromatic N) is 3. The van der Waals surface area contributed by atoms with Crippen molar-refractivity contribution >= 4 is 17.3 Å². The number of non-ortho nitro benzene ring substituents is 1. The SMILES string of the molecule is O=C(ON=Nc1ccc([N+](=O)[O-])cc1)c1ccccc1. The van der Waals surface area contributed by atoms with Crippen LogP contribution in [0.3, 0.4) is 0 Å². The first kappa shape index (κ1) is 13.3. The van der Waals surface area contributed by atoms with E-state index in [0.717, 1.165) is 0 Å². The van der Waals surface area contributed by atoms with Crippen molar-refractivity contribution in [2.24, 2.45) is 10.4 Å². The van der Waals surface area contributed by atoms with Gasteiger partial charge in [-0.25, -0.2) is 4.79 Å². The van der Waals surface area contributed by atoms with Gasteiger partial charge < -0.3 is 0 Å². The molecule has 0 radical (unpaired) electrons. The van der Waals surface area contributed by atoms with Crippen molar-refractivity contribution in [1.82, 2.24) is 0 Å². The largest absolute Gasteiger partial charge is 0.367 e. The van der Waals surface area contributed by atoms with E-state index < -0.39 is 10.9 Å². The van der Waals surface area contributed by atoms with Crippen LogP contribution in [0.15, 0.2) is 65.0 Å². The van der Waals surface area contributed by atoms with Crippen molar-refractivity contribution < 1.29 is 14.6 Å². The lowest BCUT2D eigenvalue weighted by Crippen LogP contribution is -1.99. The number of hydrogen-bond donors (Lipinski definition) is 0. The molecule has 2 rings (SSSR count). The lowest BCUT2D eigenvalue weighted by atomic mass is 10.2. The third-order valence-electron chi connectivity index (χ3n) is 2.35. The molecule has 0 saturated carbocycles. The zero-order valence-electron chi connectivity index (χ0n) is 10.2. The molecule has 0 aliphatic carbocycles. The standard InChI is InChI=1S/C13H9N3O4/c17-13(10-4-2-1-3-5-10)20-15-14-11-6-8-12(9-7-11)16(18)19/h1-9H.